The minimum atomic E-state index is -0.156. The van der Waals surface area contributed by atoms with Gasteiger partial charge in [-0.2, -0.15) is 0 Å². The van der Waals surface area contributed by atoms with Gasteiger partial charge in [0.15, 0.2) is 11.5 Å². The Bertz CT molecular complexity index is 492. The number of hydrogen-bond donors (Lipinski definition) is 3. The molecule has 2 rings (SSSR count). The molecule has 17 heavy (non-hydrogen) atoms. The highest BCUT2D eigenvalue weighted by Crippen LogP contribution is 2.19. The molecule has 0 aromatic carbocycles. The summed E-state index contributed by atoms with van der Waals surface area (Å²) in [5.74, 6) is 0.979. The van der Waals surface area contributed by atoms with E-state index < -0.39 is 0 Å². The zero-order valence-corrected chi connectivity index (χ0v) is 9.98. The molecule has 0 aliphatic rings. The molecule has 0 aliphatic heterocycles. The standard InChI is InChI=1S/C11H18N6/c1-2-3-4-5-7(12)10-16-9(13)8-11(17-10)15-6-14-8/h6-7H,2-5,12H2,1H3,(H3,13,14,15,16,17). The molecule has 0 saturated heterocycles. The van der Waals surface area contributed by atoms with Crippen LogP contribution in [0.15, 0.2) is 6.33 Å². The number of nitrogens with zero attached hydrogens (tertiary/aromatic N) is 3. The molecule has 0 radical (unpaired) electrons. The van der Waals surface area contributed by atoms with Gasteiger partial charge in [-0.25, -0.2) is 15.0 Å². The van der Waals surface area contributed by atoms with E-state index in [9.17, 15) is 0 Å². The van der Waals surface area contributed by atoms with Crippen molar-refractivity contribution in [2.24, 2.45) is 5.73 Å². The summed E-state index contributed by atoms with van der Waals surface area (Å²) in [7, 11) is 0. The van der Waals surface area contributed by atoms with Crippen LogP contribution < -0.4 is 11.5 Å². The van der Waals surface area contributed by atoms with Crippen LogP contribution in [0.3, 0.4) is 0 Å². The Hall–Kier alpha value is -1.69. The summed E-state index contributed by atoms with van der Waals surface area (Å²) < 4.78 is 0. The molecule has 2 heterocycles. The van der Waals surface area contributed by atoms with Gasteiger partial charge in [-0.1, -0.05) is 26.2 Å². The molecule has 0 amide bonds. The van der Waals surface area contributed by atoms with Crippen molar-refractivity contribution in [1.82, 2.24) is 19.9 Å². The number of aromatic amines is 1. The maximum absolute atomic E-state index is 6.05. The summed E-state index contributed by atoms with van der Waals surface area (Å²) in [6, 6.07) is -0.156. The molecule has 0 saturated carbocycles. The lowest BCUT2D eigenvalue weighted by Gasteiger charge is -2.10. The van der Waals surface area contributed by atoms with Crippen molar-refractivity contribution in [2.75, 3.05) is 5.73 Å². The van der Waals surface area contributed by atoms with Gasteiger partial charge in [-0.05, 0) is 6.42 Å². The molecule has 92 valence electrons. The average molecular weight is 234 g/mol. The van der Waals surface area contributed by atoms with Crippen molar-refractivity contribution in [3.63, 3.8) is 0 Å². The van der Waals surface area contributed by atoms with Crippen molar-refractivity contribution in [1.29, 1.82) is 0 Å². The predicted octanol–water partition coefficient (Wildman–Crippen LogP) is 1.52. The van der Waals surface area contributed by atoms with Crippen molar-refractivity contribution >= 4 is 17.0 Å². The van der Waals surface area contributed by atoms with Gasteiger partial charge < -0.3 is 16.5 Å². The Labute approximate surface area is 99.9 Å². The predicted molar refractivity (Wildman–Crippen MR) is 67.2 cm³/mol. The van der Waals surface area contributed by atoms with Gasteiger partial charge in [-0.3, -0.25) is 0 Å². The minimum Gasteiger partial charge on any atom is -0.382 e. The highest BCUT2D eigenvalue weighted by molar-refractivity contribution is 5.80. The number of rotatable bonds is 5. The molecule has 2 aromatic rings. The van der Waals surface area contributed by atoms with Crippen LogP contribution in [-0.4, -0.2) is 19.9 Å². The summed E-state index contributed by atoms with van der Waals surface area (Å²) >= 11 is 0. The second-order valence-corrected chi connectivity index (χ2v) is 4.17. The summed E-state index contributed by atoms with van der Waals surface area (Å²) in [5, 5.41) is 0. The summed E-state index contributed by atoms with van der Waals surface area (Å²) in [6.45, 7) is 2.16. The van der Waals surface area contributed by atoms with Gasteiger partial charge in [-0.15, -0.1) is 0 Å². The Morgan fingerprint density at radius 2 is 2.18 bits per heavy atom. The number of anilines is 1. The van der Waals surface area contributed by atoms with Crippen LogP contribution in [0.5, 0.6) is 0 Å². The quantitative estimate of drug-likeness (QED) is 0.680. The fraction of sp³-hybridized carbons (Fsp3) is 0.545. The van der Waals surface area contributed by atoms with E-state index in [4.69, 9.17) is 11.5 Å². The first kappa shape index (κ1) is 11.8. The topological polar surface area (TPSA) is 106 Å². The van der Waals surface area contributed by atoms with Gasteiger partial charge in [0.1, 0.15) is 11.3 Å². The Balaban J connectivity index is 2.17. The molecule has 0 bridgehead atoms. The zero-order chi connectivity index (χ0) is 12.3. The number of imidazole rings is 1. The molecule has 6 nitrogen and oxygen atoms in total. The number of hydrogen-bond acceptors (Lipinski definition) is 5. The Morgan fingerprint density at radius 3 is 2.94 bits per heavy atom. The monoisotopic (exact) mass is 234 g/mol. The van der Waals surface area contributed by atoms with Gasteiger partial charge in [0.2, 0.25) is 0 Å². The van der Waals surface area contributed by atoms with Crippen molar-refractivity contribution in [3.05, 3.63) is 12.2 Å². The zero-order valence-electron chi connectivity index (χ0n) is 9.98. The minimum absolute atomic E-state index is 0.156. The fourth-order valence-electron chi connectivity index (χ4n) is 1.79. The second-order valence-electron chi connectivity index (χ2n) is 4.17. The lowest BCUT2D eigenvalue weighted by atomic mass is 10.1. The second kappa shape index (κ2) is 5.09. The van der Waals surface area contributed by atoms with Crippen LogP contribution in [0.2, 0.25) is 0 Å². The maximum atomic E-state index is 6.05. The normalized spacial score (nSPS) is 13.1. The lowest BCUT2D eigenvalue weighted by molar-refractivity contribution is 0.560. The van der Waals surface area contributed by atoms with E-state index in [2.05, 4.69) is 26.9 Å². The largest absolute Gasteiger partial charge is 0.382 e. The molecule has 0 spiro atoms. The molecule has 5 N–H and O–H groups in total. The van der Waals surface area contributed by atoms with E-state index >= 15 is 0 Å². The van der Waals surface area contributed by atoms with Crippen LogP contribution in [0.25, 0.3) is 11.2 Å². The highest BCUT2D eigenvalue weighted by atomic mass is 15.1. The van der Waals surface area contributed by atoms with Crippen molar-refractivity contribution in [3.8, 4) is 0 Å². The van der Waals surface area contributed by atoms with Crippen molar-refractivity contribution in [2.45, 2.75) is 38.6 Å². The number of nitrogen functional groups attached to an aromatic ring is 1. The van der Waals surface area contributed by atoms with Crippen LogP contribution in [-0.2, 0) is 0 Å². The molecule has 0 aliphatic carbocycles. The number of nitrogens with two attached hydrogens (primary N) is 2. The van der Waals surface area contributed by atoms with Crippen LogP contribution in [0.4, 0.5) is 5.82 Å². The van der Waals surface area contributed by atoms with Gasteiger partial charge >= 0.3 is 0 Å². The van der Waals surface area contributed by atoms with E-state index in [1.807, 2.05) is 0 Å². The number of aromatic nitrogens is 4. The first-order valence-corrected chi connectivity index (χ1v) is 5.94. The summed E-state index contributed by atoms with van der Waals surface area (Å²) in [4.78, 5) is 15.5. The van der Waals surface area contributed by atoms with Gasteiger partial charge in [0.25, 0.3) is 0 Å². The van der Waals surface area contributed by atoms with E-state index in [1.165, 1.54) is 12.8 Å². The fourth-order valence-corrected chi connectivity index (χ4v) is 1.79. The third kappa shape index (κ3) is 2.52. The number of unbranched alkanes of at least 4 members (excludes halogenated alkanes) is 2. The average Bonchev–Trinajstić information content (AvgIpc) is 2.77. The lowest BCUT2D eigenvalue weighted by Crippen LogP contribution is -2.15. The van der Waals surface area contributed by atoms with E-state index in [0.29, 0.717) is 22.8 Å². The molecule has 1 unspecified atom stereocenters. The molecule has 0 fully saturated rings. The number of fused-ring (bicyclic) bond motifs is 1. The van der Waals surface area contributed by atoms with Gasteiger partial charge in [0, 0.05) is 0 Å². The first-order valence-electron chi connectivity index (χ1n) is 5.94. The summed E-state index contributed by atoms with van der Waals surface area (Å²) in [5.41, 5.74) is 13.1. The maximum Gasteiger partial charge on any atom is 0.163 e. The van der Waals surface area contributed by atoms with Gasteiger partial charge in [0.05, 0.1) is 12.4 Å². The SMILES string of the molecule is CCCCCC(N)c1nc(N)c2nc[nH]c2n1. The van der Waals surface area contributed by atoms with Crippen LogP contribution >= 0.6 is 0 Å². The Morgan fingerprint density at radius 1 is 1.35 bits per heavy atom. The smallest absolute Gasteiger partial charge is 0.163 e. The van der Waals surface area contributed by atoms with E-state index in [-0.39, 0.29) is 6.04 Å². The molecule has 2 aromatic heterocycles. The Kier molecular flexibility index (Phi) is 3.53. The highest BCUT2D eigenvalue weighted by Gasteiger charge is 2.13. The molecule has 1 atom stereocenters. The molecular formula is C11H18N6. The van der Waals surface area contributed by atoms with Crippen molar-refractivity contribution < 1.29 is 0 Å². The summed E-state index contributed by atoms with van der Waals surface area (Å²) in [6.07, 6.45) is 5.88. The number of H-pyrrole nitrogens is 1. The van der Waals surface area contributed by atoms with Crippen LogP contribution in [0, 0.1) is 0 Å². The van der Waals surface area contributed by atoms with Crippen LogP contribution in [0.1, 0.15) is 44.5 Å². The van der Waals surface area contributed by atoms with E-state index in [0.717, 1.165) is 12.8 Å². The third-order valence-corrected chi connectivity index (χ3v) is 2.77. The first-order chi connectivity index (χ1) is 8.22. The van der Waals surface area contributed by atoms with E-state index in [1.54, 1.807) is 6.33 Å². The molecular weight excluding hydrogens is 216 g/mol. The third-order valence-electron chi connectivity index (χ3n) is 2.77. The molecule has 6 heteroatoms. The number of nitrogens with one attached hydrogen (secondary N) is 1.